The van der Waals surface area contributed by atoms with Crippen molar-refractivity contribution in [3.05, 3.63) is 51.8 Å². The minimum absolute atomic E-state index is 0.344. The fourth-order valence-electron chi connectivity index (χ4n) is 3.03. The van der Waals surface area contributed by atoms with Gasteiger partial charge >= 0.3 is 0 Å². The van der Waals surface area contributed by atoms with Crippen molar-refractivity contribution in [1.82, 2.24) is 4.57 Å². The lowest BCUT2D eigenvalue weighted by Crippen LogP contribution is -2.16. The Morgan fingerprint density at radius 1 is 1.15 bits per heavy atom. The highest BCUT2D eigenvalue weighted by Crippen LogP contribution is 2.26. The molecule has 0 atom stereocenters. The summed E-state index contributed by atoms with van der Waals surface area (Å²) in [5.74, 6) is 0.732. The summed E-state index contributed by atoms with van der Waals surface area (Å²) < 4.78 is 13.8. The van der Waals surface area contributed by atoms with Crippen LogP contribution in [0.25, 0.3) is 10.2 Å². The van der Waals surface area contributed by atoms with E-state index in [0.29, 0.717) is 21.9 Å². The number of rotatable bonds is 4. The summed E-state index contributed by atoms with van der Waals surface area (Å²) in [6.07, 6.45) is 0. The van der Waals surface area contributed by atoms with E-state index in [9.17, 15) is 4.79 Å². The van der Waals surface area contributed by atoms with Crippen molar-refractivity contribution in [2.45, 2.75) is 27.3 Å². The van der Waals surface area contributed by atoms with Crippen LogP contribution >= 0.6 is 11.3 Å². The van der Waals surface area contributed by atoms with E-state index in [-0.39, 0.29) is 5.91 Å². The third-order valence-electron chi connectivity index (χ3n) is 4.26. The standard InChI is InChI=1S/C20H22N2O3S/c1-6-22-16-10-12(2)9-13(3)18(16)26-20(22)21-19(23)15-11-14(24-4)7-8-17(15)25-5/h7-11H,6H2,1-5H3. The third kappa shape index (κ3) is 3.24. The van der Waals surface area contributed by atoms with Gasteiger partial charge in [0.15, 0.2) is 4.80 Å². The van der Waals surface area contributed by atoms with Crippen LogP contribution in [0.5, 0.6) is 11.5 Å². The van der Waals surface area contributed by atoms with Crippen molar-refractivity contribution in [2.75, 3.05) is 14.2 Å². The molecular weight excluding hydrogens is 348 g/mol. The number of carbonyl (C=O) groups excluding carboxylic acids is 1. The van der Waals surface area contributed by atoms with Gasteiger partial charge in [-0.1, -0.05) is 17.4 Å². The first-order valence-electron chi connectivity index (χ1n) is 8.40. The van der Waals surface area contributed by atoms with E-state index in [4.69, 9.17) is 9.47 Å². The molecule has 0 saturated heterocycles. The molecule has 26 heavy (non-hydrogen) atoms. The Morgan fingerprint density at radius 3 is 2.58 bits per heavy atom. The van der Waals surface area contributed by atoms with Gasteiger partial charge in [0.1, 0.15) is 11.5 Å². The molecule has 3 aromatic rings. The normalized spacial score (nSPS) is 11.8. The van der Waals surface area contributed by atoms with Gasteiger partial charge in [-0.05, 0) is 56.2 Å². The maximum absolute atomic E-state index is 12.8. The first kappa shape index (κ1) is 18.2. The average Bonchev–Trinajstić information content (AvgIpc) is 2.98. The fraction of sp³-hybridized carbons (Fsp3) is 0.300. The van der Waals surface area contributed by atoms with E-state index in [1.807, 2.05) is 0 Å². The summed E-state index contributed by atoms with van der Waals surface area (Å²) in [5, 5.41) is 0. The maximum atomic E-state index is 12.8. The predicted octanol–water partition coefficient (Wildman–Crippen LogP) is 4.10. The van der Waals surface area contributed by atoms with Gasteiger partial charge in [-0.25, -0.2) is 0 Å². The molecule has 0 N–H and O–H groups in total. The Bertz CT molecular complexity index is 1050. The molecule has 0 aliphatic heterocycles. The molecule has 0 unspecified atom stereocenters. The highest BCUT2D eigenvalue weighted by molar-refractivity contribution is 7.16. The summed E-state index contributed by atoms with van der Waals surface area (Å²) in [4.78, 5) is 17.9. The zero-order valence-electron chi connectivity index (χ0n) is 15.6. The number of hydrogen-bond acceptors (Lipinski definition) is 4. The lowest BCUT2D eigenvalue weighted by molar-refractivity contribution is 0.0994. The van der Waals surface area contributed by atoms with Crippen molar-refractivity contribution in [3.8, 4) is 11.5 Å². The Labute approximate surface area is 156 Å². The van der Waals surface area contributed by atoms with Crippen molar-refractivity contribution < 1.29 is 14.3 Å². The lowest BCUT2D eigenvalue weighted by atomic mass is 10.1. The Kier molecular flexibility index (Phi) is 5.13. The van der Waals surface area contributed by atoms with E-state index < -0.39 is 0 Å². The van der Waals surface area contributed by atoms with E-state index in [2.05, 4.69) is 42.5 Å². The van der Waals surface area contributed by atoms with Crippen molar-refractivity contribution >= 4 is 27.5 Å². The van der Waals surface area contributed by atoms with Crippen LogP contribution in [0.3, 0.4) is 0 Å². The molecule has 6 heteroatoms. The number of amides is 1. The second-order valence-electron chi connectivity index (χ2n) is 6.04. The summed E-state index contributed by atoms with van der Waals surface area (Å²) in [5.41, 5.74) is 3.89. The van der Waals surface area contributed by atoms with Crippen LogP contribution in [0.15, 0.2) is 35.3 Å². The Balaban J connectivity index is 2.19. The summed E-state index contributed by atoms with van der Waals surface area (Å²) in [6, 6.07) is 9.42. The number of benzene rings is 2. The van der Waals surface area contributed by atoms with Crippen LogP contribution in [-0.2, 0) is 6.54 Å². The van der Waals surface area contributed by atoms with Gasteiger partial charge in [-0.15, -0.1) is 0 Å². The highest BCUT2D eigenvalue weighted by Gasteiger charge is 2.15. The lowest BCUT2D eigenvalue weighted by Gasteiger charge is -2.07. The van der Waals surface area contributed by atoms with Crippen molar-refractivity contribution in [1.29, 1.82) is 0 Å². The number of carbonyl (C=O) groups is 1. The summed E-state index contributed by atoms with van der Waals surface area (Å²) in [7, 11) is 3.10. The molecule has 0 aliphatic carbocycles. The van der Waals surface area contributed by atoms with Gasteiger partial charge in [-0.2, -0.15) is 4.99 Å². The molecule has 0 radical (unpaired) electrons. The van der Waals surface area contributed by atoms with Crippen LogP contribution in [0.1, 0.15) is 28.4 Å². The molecule has 0 fully saturated rings. The van der Waals surface area contributed by atoms with Crippen molar-refractivity contribution in [3.63, 3.8) is 0 Å². The zero-order valence-corrected chi connectivity index (χ0v) is 16.4. The molecule has 1 aromatic heterocycles. The third-order valence-corrected chi connectivity index (χ3v) is 5.49. The first-order valence-corrected chi connectivity index (χ1v) is 9.21. The SMILES string of the molecule is CCn1c(=NC(=O)c2cc(OC)ccc2OC)sc2c(C)cc(C)cc21. The van der Waals surface area contributed by atoms with Gasteiger partial charge < -0.3 is 14.0 Å². The molecule has 0 bridgehead atoms. The number of methoxy groups -OCH3 is 2. The number of ether oxygens (including phenoxy) is 2. The smallest absolute Gasteiger partial charge is 0.283 e. The molecule has 2 aromatic carbocycles. The summed E-state index contributed by atoms with van der Waals surface area (Å²) >= 11 is 1.53. The van der Waals surface area contributed by atoms with Gasteiger partial charge in [0.25, 0.3) is 5.91 Å². The number of thiazole rings is 1. The Hall–Kier alpha value is -2.60. The van der Waals surface area contributed by atoms with E-state index in [0.717, 1.165) is 16.8 Å². The van der Waals surface area contributed by atoms with E-state index in [1.165, 1.54) is 29.6 Å². The molecular formula is C20H22N2O3S. The molecule has 0 aliphatic rings. The van der Waals surface area contributed by atoms with E-state index >= 15 is 0 Å². The molecule has 1 heterocycles. The van der Waals surface area contributed by atoms with Crippen LogP contribution in [0.4, 0.5) is 0 Å². The van der Waals surface area contributed by atoms with Gasteiger partial charge in [-0.3, -0.25) is 4.79 Å². The average molecular weight is 370 g/mol. The van der Waals surface area contributed by atoms with Crippen LogP contribution < -0.4 is 14.3 Å². The summed E-state index contributed by atoms with van der Waals surface area (Å²) in [6.45, 7) is 6.96. The topological polar surface area (TPSA) is 52.8 Å². The van der Waals surface area contributed by atoms with Crippen LogP contribution in [0.2, 0.25) is 0 Å². The molecule has 0 saturated carbocycles. The minimum Gasteiger partial charge on any atom is -0.497 e. The quantitative estimate of drug-likeness (QED) is 0.695. The molecule has 136 valence electrons. The zero-order chi connectivity index (χ0) is 18.8. The van der Waals surface area contributed by atoms with Gasteiger partial charge in [0.05, 0.1) is 30.0 Å². The number of fused-ring (bicyclic) bond motifs is 1. The monoisotopic (exact) mass is 370 g/mol. The number of nitrogens with zero attached hydrogens (tertiary/aromatic N) is 2. The molecule has 5 nitrogen and oxygen atoms in total. The van der Waals surface area contributed by atoms with Crippen LogP contribution in [0, 0.1) is 13.8 Å². The van der Waals surface area contributed by atoms with Crippen LogP contribution in [-0.4, -0.2) is 24.7 Å². The number of hydrogen-bond donors (Lipinski definition) is 0. The fourth-order valence-corrected chi connectivity index (χ4v) is 4.17. The maximum Gasteiger partial charge on any atom is 0.283 e. The molecule has 3 rings (SSSR count). The second kappa shape index (κ2) is 7.33. The Morgan fingerprint density at radius 2 is 1.92 bits per heavy atom. The minimum atomic E-state index is -0.344. The van der Waals surface area contributed by atoms with Gasteiger partial charge in [0, 0.05) is 6.54 Å². The number of aromatic nitrogens is 1. The van der Waals surface area contributed by atoms with Crippen molar-refractivity contribution in [2.24, 2.45) is 4.99 Å². The number of aryl methyl sites for hydroxylation is 3. The largest absolute Gasteiger partial charge is 0.497 e. The second-order valence-corrected chi connectivity index (χ2v) is 7.02. The predicted molar refractivity (Wildman–Crippen MR) is 104 cm³/mol. The molecule has 0 spiro atoms. The van der Waals surface area contributed by atoms with E-state index in [1.54, 1.807) is 25.3 Å². The first-order chi connectivity index (χ1) is 12.5. The molecule has 1 amide bonds. The van der Waals surface area contributed by atoms with Gasteiger partial charge in [0.2, 0.25) is 0 Å². The highest BCUT2D eigenvalue weighted by atomic mass is 32.1.